The molecular weight excluding hydrogens is 364 g/mol. The van der Waals surface area contributed by atoms with Crippen molar-refractivity contribution in [1.29, 1.82) is 0 Å². The number of carbonyl (C=O) groups is 2. The third-order valence-corrected chi connectivity index (χ3v) is 5.44. The Balaban J connectivity index is 1.79. The summed E-state index contributed by atoms with van der Waals surface area (Å²) in [4.78, 5) is 24.6. The van der Waals surface area contributed by atoms with Crippen LogP contribution in [-0.2, 0) is 4.79 Å². The van der Waals surface area contributed by atoms with Crippen molar-refractivity contribution in [2.45, 2.75) is 90.0 Å². The second kappa shape index (κ2) is 13.0. The van der Waals surface area contributed by atoms with Gasteiger partial charge in [-0.15, -0.1) is 0 Å². The Hall–Kier alpha value is -2.37. The zero-order chi connectivity index (χ0) is 20.9. The number of hydrogen-bond donors (Lipinski definition) is 3. The molecular formula is C23H36N4O2. The van der Waals surface area contributed by atoms with E-state index in [1.54, 1.807) is 31.2 Å². The predicted molar refractivity (Wildman–Crippen MR) is 119 cm³/mol. The first kappa shape index (κ1) is 22.9. The Kier molecular flexibility index (Phi) is 10.2. The van der Waals surface area contributed by atoms with Gasteiger partial charge in [-0.1, -0.05) is 69.9 Å². The first-order valence-electron chi connectivity index (χ1n) is 11.0. The number of anilines is 1. The lowest BCUT2D eigenvalue weighted by molar-refractivity contribution is -0.120. The highest BCUT2D eigenvalue weighted by molar-refractivity contribution is 6.02. The molecule has 0 heterocycles. The van der Waals surface area contributed by atoms with Crippen LogP contribution in [0.4, 0.5) is 5.69 Å². The molecule has 0 radical (unpaired) electrons. The van der Waals surface area contributed by atoms with E-state index in [4.69, 9.17) is 5.73 Å². The molecule has 2 amide bonds. The van der Waals surface area contributed by atoms with Crippen LogP contribution in [-0.4, -0.2) is 23.6 Å². The van der Waals surface area contributed by atoms with E-state index in [1.165, 1.54) is 57.8 Å². The largest absolute Gasteiger partial charge is 0.398 e. The SMILES string of the molecule is CC(CC(=O)NC1CCCCCCCCCCC1)=NNC(=O)c1ccccc1N. The fourth-order valence-electron chi connectivity index (χ4n) is 3.77. The number of nitrogen functional groups attached to an aromatic ring is 1. The second-order valence-corrected chi connectivity index (χ2v) is 8.08. The van der Waals surface area contributed by atoms with Crippen LogP contribution in [0, 0.1) is 0 Å². The Morgan fingerprint density at radius 2 is 1.52 bits per heavy atom. The number of nitrogens with zero attached hydrogens (tertiary/aromatic N) is 1. The van der Waals surface area contributed by atoms with Crippen molar-refractivity contribution < 1.29 is 9.59 Å². The molecule has 160 valence electrons. The van der Waals surface area contributed by atoms with Gasteiger partial charge >= 0.3 is 0 Å². The van der Waals surface area contributed by atoms with E-state index in [-0.39, 0.29) is 24.3 Å². The summed E-state index contributed by atoms with van der Waals surface area (Å²) in [5.74, 6) is -0.404. The number of rotatable bonds is 5. The van der Waals surface area contributed by atoms with Crippen molar-refractivity contribution in [3.8, 4) is 0 Å². The zero-order valence-corrected chi connectivity index (χ0v) is 17.7. The number of hydrazone groups is 1. The molecule has 1 saturated carbocycles. The summed E-state index contributed by atoms with van der Waals surface area (Å²) in [6, 6.07) is 7.08. The van der Waals surface area contributed by atoms with Gasteiger partial charge in [0.15, 0.2) is 0 Å². The van der Waals surface area contributed by atoms with Crippen LogP contribution in [0.5, 0.6) is 0 Å². The molecule has 1 aromatic rings. The minimum Gasteiger partial charge on any atom is -0.398 e. The predicted octanol–water partition coefficient (Wildman–Crippen LogP) is 4.55. The molecule has 0 saturated heterocycles. The van der Waals surface area contributed by atoms with Crippen molar-refractivity contribution >= 4 is 23.2 Å². The van der Waals surface area contributed by atoms with Crippen molar-refractivity contribution in [2.75, 3.05) is 5.73 Å². The highest BCUT2D eigenvalue weighted by Crippen LogP contribution is 2.17. The number of para-hydroxylation sites is 1. The molecule has 4 N–H and O–H groups in total. The first-order chi connectivity index (χ1) is 14.1. The van der Waals surface area contributed by atoms with Crippen molar-refractivity contribution in [3.63, 3.8) is 0 Å². The van der Waals surface area contributed by atoms with Gasteiger partial charge in [0.1, 0.15) is 0 Å². The van der Waals surface area contributed by atoms with Crippen LogP contribution in [0.3, 0.4) is 0 Å². The van der Waals surface area contributed by atoms with Crippen molar-refractivity contribution in [3.05, 3.63) is 29.8 Å². The van der Waals surface area contributed by atoms with Gasteiger partial charge in [-0.3, -0.25) is 9.59 Å². The van der Waals surface area contributed by atoms with E-state index >= 15 is 0 Å². The molecule has 6 nitrogen and oxygen atoms in total. The van der Waals surface area contributed by atoms with Crippen LogP contribution >= 0.6 is 0 Å². The van der Waals surface area contributed by atoms with Gasteiger partial charge in [0, 0.05) is 17.4 Å². The van der Waals surface area contributed by atoms with Crippen LogP contribution < -0.4 is 16.5 Å². The van der Waals surface area contributed by atoms with E-state index in [0.29, 0.717) is 17.0 Å². The maximum Gasteiger partial charge on any atom is 0.273 e. The second-order valence-electron chi connectivity index (χ2n) is 8.08. The first-order valence-corrected chi connectivity index (χ1v) is 11.0. The molecule has 1 aliphatic carbocycles. The Morgan fingerprint density at radius 1 is 0.966 bits per heavy atom. The number of carbonyl (C=O) groups excluding carboxylic acids is 2. The highest BCUT2D eigenvalue weighted by Gasteiger charge is 2.14. The van der Waals surface area contributed by atoms with E-state index < -0.39 is 0 Å². The van der Waals surface area contributed by atoms with Crippen molar-refractivity contribution in [2.24, 2.45) is 5.10 Å². The number of amides is 2. The number of hydrogen-bond acceptors (Lipinski definition) is 4. The van der Waals surface area contributed by atoms with Crippen LogP contribution in [0.25, 0.3) is 0 Å². The molecule has 1 aromatic carbocycles. The van der Waals surface area contributed by atoms with Gasteiger partial charge in [-0.05, 0) is 31.9 Å². The standard InChI is InChI=1S/C23H36N4O2/c1-18(26-27-23(29)20-15-11-12-16-21(20)24)17-22(28)25-19-13-9-7-5-3-2-4-6-8-10-14-19/h11-12,15-16,19H,2-10,13-14,17,24H2,1H3,(H,25,28)(H,27,29). The minimum atomic E-state index is -0.373. The van der Waals surface area contributed by atoms with Crippen molar-refractivity contribution in [1.82, 2.24) is 10.7 Å². The van der Waals surface area contributed by atoms with Gasteiger partial charge < -0.3 is 11.1 Å². The van der Waals surface area contributed by atoms with E-state index in [2.05, 4.69) is 15.8 Å². The van der Waals surface area contributed by atoms with Gasteiger partial charge in [-0.2, -0.15) is 5.10 Å². The molecule has 0 unspecified atom stereocenters. The minimum absolute atomic E-state index is 0.0307. The summed E-state index contributed by atoms with van der Waals surface area (Å²) in [5.41, 5.74) is 9.63. The van der Waals surface area contributed by atoms with Gasteiger partial charge in [0.25, 0.3) is 5.91 Å². The lowest BCUT2D eigenvalue weighted by Crippen LogP contribution is -2.36. The molecule has 29 heavy (non-hydrogen) atoms. The Bertz CT molecular complexity index is 675. The Labute approximate surface area is 174 Å². The normalized spacial score (nSPS) is 17.6. The molecule has 0 aromatic heterocycles. The summed E-state index contributed by atoms with van der Waals surface area (Å²) in [6.07, 6.45) is 13.8. The topological polar surface area (TPSA) is 96.6 Å². The highest BCUT2D eigenvalue weighted by atomic mass is 16.2. The summed E-state index contributed by atoms with van der Waals surface area (Å²) in [6.45, 7) is 1.75. The lowest BCUT2D eigenvalue weighted by Gasteiger charge is -2.19. The smallest absolute Gasteiger partial charge is 0.273 e. The van der Waals surface area contributed by atoms with Crippen LogP contribution in [0.1, 0.15) is 94.3 Å². The maximum atomic E-state index is 12.4. The lowest BCUT2D eigenvalue weighted by atomic mass is 9.98. The molecule has 0 aliphatic heterocycles. The van der Waals surface area contributed by atoms with Gasteiger partial charge in [0.2, 0.25) is 5.91 Å². The summed E-state index contributed by atoms with van der Waals surface area (Å²) in [7, 11) is 0. The molecule has 1 fully saturated rings. The summed E-state index contributed by atoms with van der Waals surface area (Å²) in [5, 5.41) is 7.24. The molecule has 0 bridgehead atoms. The number of nitrogens with one attached hydrogen (secondary N) is 2. The van der Waals surface area contributed by atoms with E-state index in [9.17, 15) is 9.59 Å². The number of nitrogens with two attached hydrogens (primary N) is 1. The Morgan fingerprint density at radius 3 is 2.10 bits per heavy atom. The molecule has 6 heteroatoms. The van der Waals surface area contributed by atoms with Gasteiger partial charge in [-0.25, -0.2) is 5.43 Å². The third kappa shape index (κ3) is 9.11. The van der Waals surface area contributed by atoms with E-state index in [1.807, 2.05) is 0 Å². The van der Waals surface area contributed by atoms with Gasteiger partial charge in [0.05, 0.1) is 12.0 Å². The van der Waals surface area contributed by atoms with Crippen LogP contribution in [0.15, 0.2) is 29.4 Å². The average molecular weight is 401 g/mol. The molecule has 0 spiro atoms. The fraction of sp³-hybridized carbons (Fsp3) is 0.609. The zero-order valence-electron chi connectivity index (χ0n) is 17.7. The quantitative estimate of drug-likeness (QED) is 0.384. The average Bonchev–Trinajstić information content (AvgIpc) is 2.68. The number of benzene rings is 1. The maximum absolute atomic E-state index is 12.4. The summed E-state index contributed by atoms with van der Waals surface area (Å²) >= 11 is 0. The molecule has 2 rings (SSSR count). The summed E-state index contributed by atoms with van der Waals surface area (Å²) < 4.78 is 0. The third-order valence-electron chi connectivity index (χ3n) is 5.44. The molecule has 1 aliphatic rings. The van der Waals surface area contributed by atoms with E-state index in [0.717, 1.165) is 12.8 Å². The fourth-order valence-corrected chi connectivity index (χ4v) is 3.77. The van der Waals surface area contributed by atoms with Crippen LogP contribution in [0.2, 0.25) is 0 Å². The monoisotopic (exact) mass is 400 g/mol. The molecule has 0 atom stereocenters.